The quantitative estimate of drug-likeness (QED) is 0.797. The van der Waals surface area contributed by atoms with Crippen molar-refractivity contribution in [1.29, 1.82) is 0 Å². The third-order valence-electron chi connectivity index (χ3n) is 5.50. The van der Waals surface area contributed by atoms with Gasteiger partial charge in [-0.15, -0.1) is 0 Å². The number of rotatable bonds is 5. The summed E-state index contributed by atoms with van der Waals surface area (Å²) in [7, 11) is 0. The summed E-state index contributed by atoms with van der Waals surface area (Å²) >= 11 is 0. The summed E-state index contributed by atoms with van der Waals surface area (Å²) in [6.07, 6.45) is 3.18. The first kappa shape index (κ1) is 20.5. The average molecular weight is 363 g/mol. The van der Waals surface area contributed by atoms with Crippen molar-refractivity contribution < 1.29 is 14.3 Å². The standard InChI is InChI=1S/C21H34N2O3/c1-8-23-15(5)17(14(4)18(23)20(25)26-9-2)19(24)22-16-10-13(3)11-21(6,7)12-16/h13,16H,8-12H2,1-7H3,(H,22,24)/t13-,16+/m0/s1. The lowest BCUT2D eigenvalue weighted by atomic mass is 9.70. The van der Waals surface area contributed by atoms with Gasteiger partial charge in [0.25, 0.3) is 5.91 Å². The van der Waals surface area contributed by atoms with Crippen LogP contribution in [-0.2, 0) is 11.3 Å². The molecular weight excluding hydrogens is 328 g/mol. The highest BCUT2D eigenvalue weighted by atomic mass is 16.5. The molecule has 1 amide bonds. The molecule has 0 spiro atoms. The maximum absolute atomic E-state index is 13.1. The molecule has 5 heteroatoms. The van der Waals surface area contributed by atoms with E-state index in [2.05, 4.69) is 26.1 Å². The van der Waals surface area contributed by atoms with Crippen LogP contribution in [0.3, 0.4) is 0 Å². The predicted octanol–water partition coefficient (Wildman–Crippen LogP) is 4.25. The van der Waals surface area contributed by atoms with Gasteiger partial charge in [0.15, 0.2) is 0 Å². The Morgan fingerprint density at radius 2 is 1.88 bits per heavy atom. The van der Waals surface area contributed by atoms with E-state index in [9.17, 15) is 9.59 Å². The Balaban J connectivity index is 2.30. The molecule has 1 heterocycles. The number of nitrogens with zero attached hydrogens (tertiary/aromatic N) is 1. The highest BCUT2D eigenvalue weighted by Gasteiger charge is 2.34. The van der Waals surface area contributed by atoms with E-state index in [4.69, 9.17) is 4.74 Å². The van der Waals surface area contributed by atoms with Crippen LogP contribution in [0.5, 0.6) is 0 Å². The monoisotopic (exact) mass is 362 g/mol. The third-order valence-corrected chi connectivity index (χ3v) is 5.50. The molecule has 1 N–H and O–H groups in total. The largest absolute Gasteiger partial charge is 0.461 e. The molecule has 2 rings (SSSR count). The van der Waals surface area contributed by atoms with E-state index >= 15 is 0 Å². The Kier molecular flexibility index (Phi) is 6.20. The number of ether oxygens (including phenoxy) is 1. The molecular formula is C21H34N2O3. The molecule has 146 valence electrons. The summed E-state index contributed by atoms with van der Waals surface area (Å²) in [4.78, 5) is 25.4. The van der Waals surface area contributed by atoms with Crippen molar-refractivity contribution in [2.45, 2.75) is 80.3 Å². The van der Waals surface area contributed by atoms with Gasteiger partial charge in [0.1, 0.15) is 5.69 Å². The van der Waals surface area contributed by atoms with Crippen molar-refractivity contribution in [3.63, 3.8) is 0 Å². The van der Waals surface area contributed by atoms with Gasteiger partial charge < -0.3 is 14.6 Å². The zero-order chi connectivity index (χ0) is 19.6. The summed E-state index contributed by atoms with van der Waals surface area (Å²) in [5.41, 5.74) is 2.89. The lowest BCUT2D eigenvalue weighted by molar-refractivity contribution is 0.0512. The van der Waals surface area contributed by atoms with Gasteiger partial charge in [-0.05, 0) is 63.9 Å². The Morgan fingerprint density at radius 1 is 1.23 bits per heavy atom. The molecule has 0 saturated heterocycles. The first-order chi connectivity index (χ1) is 12.1. The zero-order valence-corrected chi connectivity index (χ0v) is 17.4. The number of esters is 1. The number of hydrogen-bond acceptors (Lipinski definition) is 3. The van der Waals surface area contributed by atoms with Gasteiger partial charge in [0.05, 0.1) is 12.2 Å². The van der Waals surface area contributed by atoms with Crippen LogP contribution >= 0.6 is 0 Å². The second-order valence-corrected chi connectivity index (χ2v) is 8.48. The molecule has 1 aliphatic rings. The number of amides is 1. The summed E-state index contributed by atoms with van der Waals surface area (Å²) in [6, 6.07) is 0.177. The molecule has 1 saturated carbocycles. The lowest BCUT2D eigenvalue weighted by Crippen LogP contribution is -2.43. The molecule has 0 radical (unpaired) electrons. The Labute approximate surface area is 157 Å². The number of carbonyl (C=O) groups is 2. The van der Waals surface area contributed by atoms with Crippen LogP contribution in [0, 0.1) is 25.2 Å². The molecule has 1 fully saturated rings. The Hall–Kier alpha value is -1.78. The highest BCUT2D eigenvalue weighted by Crippen LogP contribution is 2.38. The molecule has 1 aromatic rings. The van der Waals surface area contributed by atoms with Gasteiger partial charge in [-0.1, -0.05) is 20.8 Å². The molecule has 1 aliphatic carbocycles. The van der Waals surface area contributed by atoms with Crippen molar-refractivity contribution in [2.75, 3.05) is 6.61 Å². The molecule has 0 aromatic carbocycles. The van der Waals surface area contributed by atoms with Gasteiger partial charge in [0.2, 0.25) is 0 Å². The van der Waals surface area contributed by atoms with Crippen molar-refractivity contribution in [3.8, 4) is 0 Å². The minimum Gasteiger partial charge on any atom is -0.461 e. The second-order valence-electron chi connectivity index (χ2n) is 8.48. The van der Waals surface area contributed by atoms with Crippen LogP contribution in [-0.4, -0.2) is 29.1 Å². The van der Waals surface area contributed by atoms with Crippen LogP contribution in [0.1, 0.15) is 86.0 Å². The smallest absolute Gasteiger partial charge is 0.355 e. The van der Waals surface area contributed by atoms with Gasteiger partial charge in [-0.3, -0.25) is 4.79 Å². The summed E-state index contributed by atoms with van der Waals surface area (Å²) in [5, 5.41) is 3.23. The molecule has 0 bridgehead atoms. The molecule has 1 aromatic heterocycles. The molecule has 5 nitrogen and oxygen atoms in total. The average Bonchev–Trinajstić information content (AvgIpc) is 2.75. The van der Waals surface area contributed by atoms with Crippen molar-refractivity contribution >= 4 is 11.9 Å². The van der Waals surface area contributed by atoms with Crippen LogP contribution in [0.15, 0.2) is 0 Å². The molecule has 0 aliphatic heterocycles. The maximum atomic E-state index is 13.1. The van der Waals surface area contributed by atoms with E-state index in [1.165, 1.54) is 6.42 Å². The maximum Gasteiger partial charge on any atom is 0.355 e. The number of nitrogens with one attached hydrogen (secondary N) is 1. The topological polar surface area (TPSA) is 60.3 Å². The van der Waals surface area contributed by atoms with Gasteiger partial charge in [-0.2, -0.15) is 0 Å². The van der Waals surface area contributed by atoms with Gasteiger partial charge >= 0.3 is 5.97 Å². The van der Waals surface area contributed by atoms with Crippen LogP contribution < -0.4 is 5.32 Å². The van der Waals surface area contributed by atoms with E-state index in [0.29, 0.717) is 35.9 Å². The van der Waals surface area contributed by atoms with E-state index in [1.54, 1.807) is 6.92 Å². The van der Waals surface area contributed by atoms with E-state index < -0.39 is 0 Å². The van der Waals surface area contributed by atoms with Crippen molar-refractivity contribution in [2.24, 2.45) is 11.3 Å². The third kappa shape index (κ3) is 4.13. The summed E-state index contributed by atoms with van der Waals surface area (Å²) < 4.78 is 7.08. The first-order valence-corrected chi connectivity index (χ1v) is 9.78. The number of aromatic nitrogens is 1. The lowest BCUT2D eigenvalue weighted by Gasteiger charge is -2.39. The SMILES string of the molecule is CCOC(=O)c1c(C)c(C(=O)N[C@@H]2C[C@H](C)CC(C)(C)C2)c(C)n1CC. The van der Waals surface area contributed by atoms with Crippen molar-refractivity contribution in [1.82, 2.24) is 9.88 Å². The summed E-state index contributed by atoms with van der Waals surface area (Å²) in [5.74, 6) is 0.163. The summed E-state index contributed by atoms with van der Waals surface area (Å²) in [6.45, 7) is 15.2. The van der Waals surface area contributed by atoms with Crippen LogP contribution in [0.4, 0.5) is 0 Å². The second kappa shape index (κ2) is 7.85. The number of carbonyl (C=O) groups excluding carboxylic acids is 2. The van der Waals surface area contributed by atoms with Crippen LogP contribution in [0.25, 0.3) is 0 Å². The normalized spacial score (nSPS) is 22.1. The predicted molar refractivity (Wildman–Crippen MR) is 104 cm³/mol. The molecule has 2 atom stereocenters. The van der Waals surface area contributed by atoms with Crippen molar-refractivity contribution in [3.05, 3.63) is 22.5 Å². The Morgan fingerprint density at radius 3 is 2.42 bits per heavy atom. The minimum absolute atomic E-state index is 0.0763. The van der Waals surface area contributed by atoms with E-state index in [-0.39, 0.29) is 23.3 Å². The number of hydrogen-bond donors (Lipinski definition) is 1. The zero-order valence-electron chi connectivity index (χ0n) is 17.4. The molecule has 26 heavy (non-hydrogen) atoms. The fourth-order valence-corrected chi connectivity index (χ4v) is 4.80. The van der Waals surface area contributed by atoms with Crippen LogP contribution in [0.2, 0.25) is 0 Å². The first-order valence-electron chi connectivity index (χ1n) is 9.78. The molecule has 0 unspecified atom stereocenters. The fraction of sp³-hybridized carbons (Fsp3) is 0.714. The Bertz CT molecular complexity index is 688. The minimum atomic E-state index is -0.360. The van der Waals surface area contributed by atoms with E-state index in [0.717, 1.165) is 18.5 Å². The van der Waals surface area contributed by atoms with E-state index in [1.807, 2.05) is 25.3 Å². The highest BCUT2D eigenvalue weighted by molar-refractivity contribution is 6.01. The fourth-order valence-electron chi connectivity index (χ4n) is 4.80. The van der Waals surface area contributed by atoms with Gasteiger partial charge in [0, 0.05) is 18.3 Å². The van der Waals surface area contributed by atoms with Gasteiger partial charge in [-0.25, -0.2) is 4.79 Å².